The monoisotopic (exact) mass is 346 g/mol. The summed E-state index contributed by atoms with van der Waals surface area (Å²) in [4.78, 5) is 0. The van der Waals surface area contributed by atoms with Crippen LogP contribution in [0.4, 0.5) is 5.69 Å². The van der Waals surface area contributed by atoms with E-state index in [1.165, 1.54) is 0 Å². The van der Waals surface area contributed by atoms with Crippen LogP contribution in [0.3, 0.4) is 0 Å². The van der Waals surface area contributed by atoms with Gasteiger partial charge < -0.3 is 10.6 Å². The molecule has 0 aliphatic heterocycles. The third kappa shape index (κ3) is 6.13. The fraction of sp³-hybridized carbons (Fsp3) is 0.273. The van der Waals surface area contributed by atoms with Gasteiger partial charge in [-0.2, -0.15) is 0 Å². The van der Waals surface area contributed by atoms with E-state index in [9.17, 15) is 0 Å². The Balaban J connectivity index is 2.31. The molecule has 1 rings (SSSR count). The summed E-state index contributed by atoms with van der Waals surface area (Å²) in [7, 11) is 0. The molecule has 4 nitrogen and oxygen atoms in total. The van der Waals surface area contributed by atoms with Crippen LogP contribution in [0.1, 0.15) is 13.3 Å². The number of rotatable bonds is 3. The molecular weight excluding hydrogens is 332 g/mol. The van der Waals surface area contributed by atoms with Gasteiger partial charge in [0.25, 0.3) is 0 Å². The Labute approximate surface area is 126 Å². The number of hydrogen-bond acceptors (Lipinski definition) is 2. The number of hydrogen-bond donors (Lipinski definition) is 4. The zero-order valence-corrected chi connectivity index (χ0v) is 13.1. The Hall–Kier alpha value is -0.920. The first-order valence-electron chi connectivity index (χ1n) is 5.48. The minimum atomic E-state index is 0.453. The quantitative estimate of drug-likeness (QED) is 0.498. The van der Waals surface area contributed by atoms with Crippen LogP contribution in [0, 0.1) is 0 Å². The van der Waals surface area contributed by atoms with Crippen molar-refractivity contribution >= 4 is 56.3 Å². The molecule has 0 radical (unpaired) electrons. The summed E-state index contributed by atoms with van der Waals surface area (Å²) in [5.41, 5.74) is 6.52. The molecule has 0 unspecified atom stereocenters. The maximum absolute atomic E-state index is 5.12. The smallest absolute Gasteiger partial charge is 0.189 e. The molecule has 1 aromatic carbocycles. The molecule has 0 aliphatic rings. The zero-order valence-electron chi connectivity index (χ0n) is 9.92. The maximum atomic E-state index is 5.12. The van der Waals surface area contributed by atoms with Gasteiger partial charge in [0.2, 0.25) is 0 Å². The molecule has 18 heavy (non-hydrogen) atoms. The van der Waals surface area contributed by atoms with E-state index in [2.05, 4.69) is 44.3 Å². The van der Waals surface area contributed by atoms with Crippen LogP contribution in [0.25, 0.3) is 0 Å². The molecule has 0 heterocycles. The van der Waals surface area contributed by atoms with Gasteiger partial charge in [-0.1, -0.05) is 28.9 Å². The highest BCUT2D eigenvalue weighted by Gasteiger charge is 1.98. The molecule has 0 saturated heterocycles. The van der Waals surface area contributed by atoms with Crippen LogP contribution in [0.15, 0.2) is 28.7 Å². The Morgan fingerprint density at radius 3 is 2.61 bits per heavy atom. The van der Waals surface area contributed by atoms with E-state index in [0.29, 0.717) is 10.2 Å². The van der Waals surface area contributed by atoms with Crippen molar-refractivity contribution in [3.05, 3.63) is 28.7 Å². The van der Waals surface area contributed by atoms with Crippen LogP contribution >= 0.6 is 40.4 Å². The predicted octanol–water partition coefficient (Wildman–Crippen LogP) is 2.52. The number of nitrogens with one attached hydrogen (secondary N) is 4. The van der Waals surface area contributed by atoms with Crippen molar-refractivity contribution in [1.29, 1.82) is 0 Å². The third-order valence-electron chi connectivity index (χ3n) is 1.91. The Morgan fingerprint density at radius 2 is 1.94 bits per heavy atom. The summed E-state index contributed by atoms with van der Waals surface area (Å²) in [6.45, 7) is 2.90. The fourth-order valence-electron chi connectivity index (χ4n) is 1.12. The van der Waals surface area contributed by atoms with Gasteiger partial charge in [0.15, 0.2) is 10.2 Å². The maximum Gasteiger partial charge on any atom is 0.189 e. The van der Waals surface area contributed by atoms with E-state index >= 15 is 0 Å². The lowest BCUT2D eigenvalue weighted by molar-refractivity contribution is 0.784. The number of anilines is 1. The minimum absolute atomic E-state index is 0.453. The largest absolute Gasteiger partial charge is 0.361 e. The van der Waals surface area contributed by atoms with Crippen molar-refractivity contribution < 1.29 is 0 Å². The first-order chi connectivity index (χ1) is 8.61. The zero-order chi connectivity index (χ0) is 13.4. The molecule has 0 aromatic heterocycles. The predicted molar refractivity (Wildman–Crippen MR) is 87.5 cm³/mol. The highest BCUT2D eigenvalue weighted by molar-refractivity contribution is 9.10. The normalized spacial score (nSPS) is 9.44. The highest BCUT2D eigenvalue weighted by atomic mass is 79.9. The summed E-state index contributed by atoms with van der Waals surface area (Å²) in [6, 6.07) is 7.73. The molecular formula is C11H15BrN4S2. The van der Waals surface area contributed by atoms with Gasteiger partial charge in [-0.25, -0.2) is 0 Å². The van der Waals surface area contributed by atoms with E-state index in [0.717, 1.165) is 23.1 Å². The molecule has 0 spiro atoms. The van der Waals surface area contributed by atoms with Crippen molar-refractivity contribution in [2.24, 2.45) is 0 Å². The Bertz CT molecular complexity index is 425. The number of benzene rings is 1. The van der Waals surface area contributed by atoms with Crippen molar-refractivity contribution in [2.45, 2.75) is 13.3 Å². The molecule has 98 valence electrons. The molecule has 0 aliphatic carbocycles. The second-order valence-electron chi connectivity index (χ2n) is 3.47. The molecule has 0 bridgehead atoms. The van der Waals surface area contributed by atoms with E-state index in [-0.39, 0.29) is 0 Å². The van der Waals surface area contributed by atoms with Crippen LogP contribution in [0.2, 0.25) is 0 Å². The van der Waals surface area contributed by atoms with E-state index in [1.54, 1.807) is 0 Å². The molecule has 1 aromatic rings. The van der Waals surface area contributed by atoms with Crippen LogP contribution in [-0.2, 0) is 0 Å². The number of thiocarbonyl (C=S) groups is 2. The minimum Gasteiger partial charge on any atom is -0.361 e. The summed E-state index contributed by atoms with van der Waals surface area (Å²) in [5, 5.41) is 7.03. The molecule has 4 N–H and O–H groups in total. The van der Waals surface area contributed by atoms with E-state index in [4.69, 9.17) is 24.4 Å². The third-order valence-corrected chi connectivity index (χ3v) is 2.85. The summed E-state index contributed by atoms with van der Waals surface area (Å²) in [5.74, 6) is 0. The second kappa shape index (κ2) is 8.23. The van der Waals surface area contributed by atoms with Crippen LogP contribution in [0.5, 0.6) is 0 Å². The van der Waals surface area contributed by atoms with Gasteiger partial charge in [-0.3, -0.25) is 10.9 Å². The van der Waals surface area contributed by atoms with Gasteiger partial charge in [0.05, 0.1) is 0 Å². The number of halogens is 1. The SMILES string of the molecule is CCCNC(=S)NNC(=S)Nc1cccc(Br)c1. The van der Waals surface area contributed by atoms with Crippen LogP contribution < -0.4 is 21.5 Å². The Kier molecular flexibility index (Phi) is 6.92. The summed E-state index contributed by atoms with van der Waals surface area (Å²) in [6.07, 6.45) is 1.02. The van der Waals surface area contributed by atoms with Gasteiger partial charge in [0.1, 0.15) is 0 Å². The van der Waals surface area contributed by atoms with Gasteiger partial charge in [0, 0.05) is 16.7 Å². The number of hydrazine groups is 1. The summed E-state index contributed by atoms with van der Waals surface area (Å²) >= 11 is 13.6. The van der Waals surface area contributed by atoms with Gasteiger partial charge in [-0.15, -0.1) is 0 Å². The average Bonchev–Trinajstić information content (AvgIpc) is 2.34. The lowest BCUT2D eigenvalue weighted by atomic mass is 10.3. The molecule has 0 fully saturated rings. The van der Waals surface area contributed by atoms with Crippen molar-refractivity contribution in [1.82, 2.24) is 16.2 Å². The first-order valence-corrected chi connectivity index (χ1v) is 7.09. The van der Waals surface area contributed by atoms with Gasteiger partial charge >= 0.3 is 0 Å². The molecule has 7 heteroatoms. The lowest BCUT2D eigenvalue weighted by Crippen LogP contribution is -2.48. The van der Waals surface area contributed by atoms with Crippen molar-refractivity contribution in [2.75, 3.05) is 11.9 Å². The van der Waals surface area contributed by atoms with Crippen molar-refractivity contribution in [3.63, 3.8) is 0 Å². The van der Waals surface area contributed by atoms with Crippen molar-refractivity contribution in [3.8, 4) is 0 Å². The first kappa shape index (κ1) is 15.1. The van der Waals surface area contributed by atoms with Crippen LogP contribution in [-0.4, -0.2) is 16.8 Å². The lowest BCUT2D eigenvalue weighted by Gasteiger charge is -2.14. The Morgan fingerprint density at radius 1 is 1.22 bits per heavy atom. The molecule has 0 amide bonds. The summed E-state index contributed by atoms with van der Waals surface area (Å²) < 4.78 is 0.989. The standard InChI is InChI=1S/C11H15BrN4S2/c1-2-6-13-10(17)15-16-11(18)14-9-5-3-4-8(12)7-9/h3-5,7H,2,6H2,1H3,(H2,13,15,17)(H2,14,16,18). The van der Waals surface area contributed by atoms with E-state index in [1.807, 2.05) is 24.3 Å². The fourth-order valence-corrected chi connectivity index (χ4v) is 1.85. The second-order valence-corrected chi connectivity index (χ2v) is 5.20. The topological polar surface area (TPSA) is 48.1 Å². The average molecular weight is 347 g/mol. The van der Waals surface area contributed by atoms with Gasteiger partial charge in [-0.05, 0) is 49.1 Å². The molecule has 0 atom stereocenters. The highest BCUT2D eigenvalue weighted by Crippen LogP contribution is 2.15. The van der Waals surface area contributed by atoms with E-state index < -0.39 is 0 Å². The molecule has 0 saturated carbocycles.